The Bertz CT molecular complexity index is 1130. The molecule has 0 saturated heterocycles. The second-order valence-corrected chi connectivity index (χ2v) is 6.49. The number of carbonyl (C=O) groups excluding carboxylic acids is 1. The number of aromatic amines is 1. The molecule has 1 amide bonds. The summed E-state index contributed by atoms with van der Waals surface area (Å²) in [6.07, 6.45) is -1.62. The molecule has 1 aliphatic carbocycles. The van der Waals surface area contributed by atoms with Gasteiger partial charge in [-0.05, 0) is 12.8 Å². The number of halogens is 3. The lowest BCUT2D eigenvalue weighted by Gasteiger charge is -2.00. The first-order valence-electron chi connectivity index (χ1n) is 8.37. The lowest BCUT2D eigenvalue weighted by atomic mass is 10.0. The van der Waals surface area contributed by atoms with E-state index in [2.05, 4.69) is 25.4 Å². The molecule has 1 fully saturated rings. The number of fused-ring (bicyclic) bond motifs is 5. The van der Waals surface area contributed by atoms with Gasteiger partial charge in [0.25, 0.3) is 5.91 Å². The molecular weight excluding hydrogens is 397 g/mol. The van der Waals surface area contributed by atoms with Crippen molar-refractivity contribution in [3.8, 4) is 11.3 Å². The van der Waals surface area contributed by atoms with E-state index in [1.165, 1.54) is 6.33 Å². The molecule has 13 heteroatoms. The van der Waals surface area contributed by atoms with E-state index in [0.29, 0.717) is 46.3 Å². The number of aromatic nitrogens is 4. The largest absolute Gasteiger partial charge is 0.490 e. The van der Waals surface area contributed by atoms with E-state index in [1.807, 2.05) is 0 Å². The molecule has 2 aliphatic rings. The Balaban J connectivity index is 0.000000255. The maximum absolute atomic E-state index is 12.4. The van der Waals surface area contributed by atoms with E-state index in [4.69, 9.17) is 20.2 Å². The van der Waals surface area contributed by atoms with Crippen LogP contribution in [0.3, 0.4) is 0 Å². The van der Waals surface area contributed by atoms with Gasteiger partial charge in [-0.25, -0.2) is 14.8 Å². The normalized spacial score (nSPS) is 15.6. The summed E-state index contributed by atoms with van der Waals surface area (Å²) in [6.45, 7) is 0.366. The zero-order chi connectivity index (χ0) is 20.9. The van der Waals surface area contributed by atoms with E-state index in [1.54, 1.807) is 0 Å². The minimum absolute atomic E-state index is 0.161. The SMILES string of the molecule is Nc1ncnc2[nH]c3c(c12)-c1noc(C2CC2)c1C(=O)NC3.O=C(O)C(F)(F)F. The van der Waals surface area contributed by atoms with Gasteiger partial charge in [0, 0.05) is 17.2 Å². The van der Waals surface area contributed by atoms with Crippen LogP contribution >= 0.6 is 0 Å². The minimum Gasteiger partial charge on any atom is -0.475 e. The fraction of sp³-hybridized carbons (Fsp3) is 0.312. The van der Waals surface area contributed by atoms with E-state index in [-0.39, 0.29) is 5.91 Å². The zero-order valence-electron chi connectivity index (χ0n) is 14.5. The van der Waals surface area contributed by atoms with Gasteiger partial charge < -0.3 is 25.7 Å². The van der Waals surface area contributed by atoms with Gasteiger partial charge in [-0.2, -0.15) is 13.2 Å². The highest BCUT2D eigenvalue weighted by molar-refractivity contribution is 6.09. The molecule has 1 saturated carbocycles. The molecule has 0 aromatic carbocycles. The maximum Gasteiger partial charge on any atom is 0.490 e. The summed E-state index contributed by atoms with van der Waals surface area (Å²) in [5.74, 6) is -1.59. The average Bonchev–Trinajstić information content (AvgIpc) is 3.31. The van der Waals surface area contributed by atoms with Gasteiger partial charge in [0.2, 0.25) is 0 Å². The number of carboxylic acid groups (broad SMARTS) is 1. The Hall–Kier alpha value is -3.64. The van der Waals surface area contributed by atoms with Crippen molar-refractivity contribution < 1.29 is 32.4 Å². The molecule has 5 N–H and O–H groups in total. The lowest BCUT2D eigenvalue weighted by Crippen LogP contribution is -2.22. The Kier molecular flexibility index (Phi) is 4.17. The van der Waals surface area contributed by atoms with Crippen molar-refractivity contribution in [2.75, 3.05) is 5.73 Å². The molecule has 0 unspecified atom stereocenters. The number of amides is 1. The number of nitrogens with zero attached hydrogens (tertiary/aromatic N) is 3. The van der Waals surface area contributed by atoms with Gasteiger partial charge in [-0.1, -0.05) is 5.16 Å². The van der Waals surface area contributed by atoms with Gasteiger partial charge in [-0.15, -0.1) is 0 Å². The molecule has 10 nitrogen and oxygen atoms in total. The molecule has 0 spiro atoms. The van der Waals surface area contributed by atoms with Crippen LogP contribution in [0.5, 0.6) is 0 Å². The third-order valence-electron chi connectivity index (χ3n) is 4.50. The highest BCUT2D eigenvalue weighted by Gasteiger charge is 2.39. The van der Waals surface area contributed by atoms with Crippen LogP contribution in [0.25, 0.3) is 22.3 Å². The van der Waals surface area contributed by atoms with Crippen LogP contribution in [-0.2, 0) is 11.3 Å². The number of aliphatic carboxylic acids is 1. The summed E-state index contributed by atoms with van der Waals surface area (Å²) in [7, 11) is 0. The summed E-state index contributed by atoms with van der Waals surface area (Å²) >= 11 is 0. The first-order valence-corrected chi connectivity index (χ1v) is 8.37. The van der Waals surface area contributed by atoms with Gasteiger partial charge >= 0.3 is 12.1 Å². The fourth-order valence-corrected chi connectivity index (χ4v) is 3.06. The van der Waals surface area contributed by atoms with Crippen LogP contribution in [0.4, 0.5) is 19.0 Å². The van der Waals surface area contributed by atoms with Crippen molar-refractivity contribution in [3.63, 3.8) is 0 Å². The van der Waals surface area contributed by atoms with E-state index in [0.717, 1.165) is 24.1 Å². The zero-order valence-corrected chi connectivity index (χ0v) is 14.5. The van der Waals surface area contributed by atoms with Crippen LogP contribution in [0.2, 0.25) is 0 Å². The van der Waals surface area contributed by atoms with Gasteiger partial charge in [-0.3, -0.25) is 4.79 Å². The molecule has 3 aromatic heterocycles. The highest BCUT2D eigenvalue weighted by Crippen LogP contribution is 2.46. The summed E-state index contributed by atoms with van der Waals surface area (Å²) in [5, 5.41) is 14.9. The van der Waals surface area contributed by atoms with E-state index < -0.39 is 12.1 Å². The van der Waals surface area contributed by atoms with Crippen LogP contribution < -0.4 is 11.1 Å². The number of nitrogens with one attached hydrogen (secondary N) is 2. The molecule has 152 valence electrons. The molecule has 0 bridgehead atoms. The summed E-state index contributed by atoms with van der Waals surface area (Å²) in [6, 6.07) is 0. The average molecular weight is 410 g/mol. The van der Waals surface area contributed by atoms with Crippen molar-refractivity contribution in [2.24, 2.45) is 0 Å². The van der Waals surface area contributed by atoms with Crippen molar-refractivity contribution in [2.45, 2.75) is 31.5 Å². The van der Waals surface area contributed by atoms with Crippen molar-refractivity contribution in [1.29, 1.82) is 0 Å². The maximum atomic E-state index is 12.4. The highest BCUT2D eigenvalue weighted by atomic mass is 19.4. The number of alkyl halides is 3. The fourth-order valence-electron chi connectivity index (χ4n) is 3.06. The number of nitrogen functional groups attached to an aromatic ring is 1. The summed E-state index contributed by atoms with van der Waals surface area (Å²) < 4.78 is 37.2. The minimum atomic E-state index is -5.08. The van der Waals surface area contributed by atoms with Crippen LogP contribution in [0.15, 0.2) is 10.9 Å². The second kappa shape index (κ2) is 6.46. The second-order valence-electron chi connectivity index (χ2n) is 6.49. The third-order valence-corrected chi connectivity index (χ3v) is 4.50. The Morgan fingerprint density at radius 2 is 1.97 bits per heavy atom. The Morgan fingerprint density at radius 3 is 2.59 bits per heavy atom. The smallest absolute Gasteiger partial charge is 0.475 e. The Morgan fingerprint density at radius 1 is 1.28 bits per heavy atom. The number of hydrogen-bond donors (Lipinski definition) is 4. The topological polar surface area (TPSA) is 160 Å². The van der Waals surface area contributed by atoms with Gasteiger partial charge in [0.1, 0.15) is 29.0 Å². The standard InChI is InChI=1S/C14H12N6O2.C2HF3O2/c15-12-8-7-6(19-13(8)18-4-17-12)3-16-14(21)9-10(7)20-22-11(9)5-1-2-5;3-2(4,5)1(6)7/h4-5H,1-3H2,(H,16,21)(H3,15,17,18,19);(H,6,7). The van der Waals surface area contributed by atoms with E-state index in [9.17, 15) is 18.0 Å². The number of rotatable bonds is 1. The van der Waals surface area contributed by atoms with Gasteiger partial charge in [0.15, 0.2) is 5.76 Å². The molecule has 4 heterocycles. The van der Waals surface area contributed by atoms with Crippen LogP contribution in [0, 0.1) is 0 Å². The lowest BCUT2D eigenvalue weighted by molar-refractivity contribution is -0.192. The molecule has 29 heavy (non-hydrogen) atoms. The number of carbonyl (C=O) groups is 2. The number of H-pyrrole nitrogens is 1. The summed E-state index contributed by atoms with van der Waals surface area (Å²) in [4.78, 5) is 32.8. The molecule has 3 aromatic rings. The molecular formula is C16H13F3N6O4. The molecule has 0 radical (unpaired) electrons. The molecule has 5 rings (SSSR count). The molecule has 0 atom stereocenters. The third kappa shape index (κ3) is 3.23. The van der Waals surface area contributed by atoms with Gasteiger partial charge in [0.05, 0.1) is 11.9 Å². The molecule has 1 aliphatic heterocycles. The first kappa shape index (κ1) is 18.7. The van der Waals surface area contributed by atoms with Crippen molar-refractivity contribution in [3.05, 3.63) is 23.3 Å². The predicted molar refractivity (Wildman–Crippen MR) is 90.6 cm³/mol. The quantitative estimate of drug-likeness (QED) is 0.473. The van der Waals surface area contributed by atoms with Crippen molar-refractivity contribution in [1.82, 2.24) is 25.4 Å². The number of anilines is 1. The van der Waals surface area contributed by atoms with Crippen molar-refractivity contribution >= 4 is 28.7 Å². The number of carboxylic acids is 1. The van der Waals surface area contributed by atoms with Crippen LogP contribution in [-0.4, -0.2) is 43.3 Å². The van der Waals surface area contributed by atoms with E-state index >= 15 is 0 Å². The summed E-state index contributed by atoms with van der Waals surface area (Å²) in [5.41, 5.74) is 9.26. The predicted octanol–water partition coefficient (Wildman–Crippen LogP) is 1.95. The number of hydrogen-bond acceptors (Lipinski definition) is 7. The first-order chi connectivity index (χ1) is 13.7. The monoisotopic (exact) mass is 410 g/mol. The number of nitrogens with two attached hydrogens (primary N) is 1. The van der Waals surface area contributed by atoms with Crippen LogP contribution in [0.1, 0.15) is 40.6 Å². The Labute approximate surface area is 159 Å².